The molecule has 3 aromatic rings. The summed E-state index contributed by atoms with van der Waals surface area (Å²) in [6.45, 7) is 5.66. The summed E-state index contributed by atoms with van der Waals surface area (Å²) in [7, 11) is 0. The lowest BCUT2D eigenvalue weighted by Crippen LogP contribution is -2.48. The normalized spacial score (nSPS) is 14.3. The van der Waals surface area contributed by atoms with Gasteiger partial charge in [0.15, 0.2) is 0 Å². The third kappa shape index (κ3) is 7.56. The van der Waals surface area contributed by atoms with Crippen LogP contribution in [0.2, 0.25) is 0 Å². The zero-order valence-corrected chi connectivity index (χ0v) is 18.6. The van der Waals surface area contributed by atoms with Crippen molar-refractivity contribution in [1.82, 2.24) is 9.80 Å². The average Bonchev–Trinajstić information content (AvgIpc) is 2.86. The lowest BCUT2D eigenvalue weighted by atomic mass is 9.96. The zero-order chi connectivity index (χ0) is 23.5. The first-order valence-corrected chi connectivity index (χ1v) is 11.1. The Morgan fingerprint density at radius 2 is 1.09 bits per heavy atom. The number of hydrogen-bond acceptors (Lipinski definition) is 4. The highest BCUT2D eigenvalue weighted by atomic mass is 16.4. The molecule has 172 valence electrons. The van der Waals surface area contributed by atoms with Gasteiger partial charge in [-0.2, -0.15) is 0 Å². The number of rotatable bonds is 6. The summed E-state index contributed by atoms with van der Waals surface area (Å²) in [4.78, 5) is 23.4. The van der Waals surface area contributed by atoms with E-state index in [9.17, 15) is 0 Å². The predicted molar refractivity (Wildman–Crippen MR) is 128 cm³/mol. The minimum Gasteiger partial charge on any atom is -0.473 e. The molecule has 0 radical (unpaired) electrons. The molecule has 6 heteroatoms. The predicted octanol–water partition coefficient (Wildman–Crippen LogP) is 3.79. The molecule has 0 aliphatic carbocycles. The minimum absolute atomic E-state index is 0.351. The molecular weight excluding hydrogens is 416 g/mol. The Bertz CT molecular complexity index is 937. The van der Waals surface area contributed by atoms with Gasteiger partial charge in [-0.1, -0.05) is 91.0 Å². The highest BCUT2D eigenvalue weighted by Crippen LogP contribution is 2.29. The average molecular weight is 447 g/mol. The SMILES string of the molecule is O=C(O)C(=O)O.c1ccc(CCN2CCN(C(c3ccccc3)c3ccccc3)CC2)cc1. The van der Waals surface area contributed by atoms with E-state index in [1.807, 2.05) is 0 Å². The molecule has 3 aromatic carbocycles. The minimum atomic E-state index is -1.82. The number of carboxylic acid groups (broad SMARTS) is 2. The fraction of sp³-hybridized carbons (Fsp3) is 0.259. The van der Waals surface area contributed by atoms with Crippen LogP contribution >= 0.6 is 0 Å². The molecule has 6 nitrogen and oxygen atoms in total. The molecule has 1 aliphatic rings. The van der Waals surface area contributed by atoms with Crippen LogP contribution in [0.15, 0.2) is 91.0 Å². The summed E-state index contributed by atoms with van der Waals surface area (Å²) < 4.78 is 0. The van der Waals surface area contributed by atoms with Crippen LogP contribution < -0.4 is 0 Å². The van der Waals surface area contributed by atoms with Crippen molar-refractivity contribution in [3.8, 4) is 0 Å². The third-order valence-electron chi connectivity index (χ3n) is 5.75. The van der Waals surface area contributed by atoms with E-state index < -0.39 is 11.9 Å². The Hall–Kier alpha value is -3.48. The largest absolute Gasteiger partial charge is 0.473 e. The van der Waals surface area contributed by atoms with Crippen LogP contribution in [0.3, 0.4) is 0 Å². The monoisotopic (exact) mass is 446 g/mol. The quantitative estimate of drug-likeness (QED) is 0.561. The molecular formula is C27H30N2O4. The van der Waals surface area contributed by atoms with E-state index in [0.717, 1.165) is 39.1 Å². The van der Waals surface area contributed by atoms with E-state index >= 15 is 0 Å². The van der Waals surface area contributed by atoms with Crippen molar-refractivity contribution < 1.29 is 19.8 Å². The molecule has 1 heterocycles. The Labute approximate surface area is 194 Å². The molecule has 0 bridgehead atoms. The van der Waals surface area contributed by atoms with Gasteiger partial charge >= 0.3 is 11.9 Å². The van der Waals surface area contributed by atoms with Crippen LogP contribution in [0.1, 0.15) is 22.7 Å². The van der Waals surface area contributed by atoms with Gasteiger partial charge in [0.1, 0.15) is 0 Å². The molecule has 0 saturated carbocycles. The number of piperazine rings is 1. The van der Waals surface area contributed by atoms with Crippen molar-refractivity contribution in [2.24, 2.45) is 0 Å². The van der Waals surface area contributed by atoms with E-state index in [1.54, 1.807) is 0 Å². The van der Waals surface area contributed by atoms with Crippen molar-refractivity contribution in [1.29, 1.82) is 0 Å². The van der Waals surface area contributed by atoms with Crippen molar-refractivity contribution in [3.05, 3.63) is 108 Å². The van der Waals surface area contributed by atoms with Gasteiger partial charge < -0.3 is 15.1 Å². The third-order valence-corrected chi connectivity index (χ3v) is 5.75. The number of nitrogens with zero attached hydrogens (tertiary/aromatic N) is 2. The van der Waals surface area contributed by atoms with E-state index in [4.69, 9.17) is 19.8 Å². The molecule has 0 atom stereocenters. The van der Waals surface area contributed by atoms with Gasteiger partial charge in [0, 0.05) is 32.7 Å². The highest BCUT2D eigenvalue weighted by molar-refractivity contribution is 6.27. The first kappa shape index (κ1) is 24.2. The summed E-state index contributed by atoms with van der Waals surface area (Å²) in [6, 6.07) is 33.1. The second-order valence-electron chi connectivity index (χ2n) is 7.95. The van der Waals surface area contributed by atoms with Crippen LogP contribution in [0.25, 0.3) is 0 Å². The molecule has 0 spiro atoms. The summed E-state index contributed by atoms with van der Waals surface area (Å²) in [6.07, 6.45) is 1.14. The van der Waals surface area contributed by atoms with Gasteiger partial charge in [0.2, 0.25) is 0 Å². The van der Waals surface area contributed by atoms with Crippen LogP contribution in [0.5, 0.6) is 0 Å². The first-order chi connectivity index (χ1) is 16.0. The van der Waals surface area contributed by atoms with Gasteiger partial charge in [-0.15, -0.1) is 0 Å². The Morgan fingerprint density at radius 3 is 1.52 bits per heavy atom. The Kier molecular flexibility index (Phi) is 9.18. The lowest BCUT2D eigenvalue weighted by molar-refractivity contribution is -0.159. The summed E-state index contributed by atoms with van der Waals surface area (Å²) in [5, 5.41) is 14.8. The molecule has 33 heavy (non-hydrogen) atoms. The fourth-order valence-corrected chi connectivity index (χ4v) is 4.06. The van der Waals surface area contributed by atoms with Crippen LogP contribution in [0.4, 0.5) is 0 Å². The van der Waals surface area contributed by atoms with Crippen molar-refractivity contribution in [3.63, 3.8) is 0 Å². The fourth-order valence-electron chi connectivity index (χ4n) is 4.06. The van der Waals surface area contributed by atoms with Gasteiger partial charge in [-0.25, -0.2) is 9.59 Å². The van der Waals surface area contributed by atoms with Gasteiger partial charge in [-0.3, -0.25) is 4.90 Å². The molecule has 0 amide bonds. The van der Waals surface area contributed by atoms with Gasteiger partial charge in [0.25, 0.3) is 0 Å². The maximum atomic E-state index is 9.10. The maximum Gasteiger partial charge on any atom is 0.414 e. The zero-order valence-electron chi connectivity index (χ0n) is 18.6. The molecule has 2 N–H and O–H groups in total. The van der Waals surface area contributed by atoms with Crippen molar-refractivity contribution in [2.75, 3.05) is 32.7 Å². The van der Waals surface area contributed by atoms with E-state index in [1.165, 1.54) is 16.7 Å². The number of aliphatic carboxylic acids is 2. The summed E-state index contributed by atoms with van der Waals surface area (Å²) in [5.74, 6) is -3.65. The maximum absolute atomic E-state index is 9.10. The molecule has 4 rings (SSSR count). The van der Waals surface area contributed by atoms with Crippen LogP contribution in [0, 0.1) is 0 Å². The Morgan fingerprint density at radius 1 is 0.667 bits per heavy atom. The lowest BCUT2D eigenvalue weighted by Gasteiger charge is -2.39. The Balaban J connectivity index is 0.000000454. The topological polar surface area (TPSA) is 81.1 Å². The molecule has 1 fully saturated rings. The number of carboxylic acids is 2. The van der Waals surface area contributed by atoms with E-state index in [2.05, 4.69) is 101 Å². The first-order valence-electron chi connectivity index (χ1n) is 11.1. The summed E-state index contributed by atoms with van der Waals surface area (Å²) >= 11 is 0. The van der Waals surface area contributed by atoms with Crippen molar-refractivity contribution in [2.45, 2.75) is 12.5 Å². The summed E-state index contributed by atoms with van der Waals surface area (Å²) in [5.41, 5.74) is 4.22. The molecule has 0 unspecified atom stereocenters. The second-order valence-corrected chi connectivity index (χ2v) is 7.95. The number of benzene rings is 3. The molecule has 1 aliphatic heterocycles. The van der Waals surface area contributed by atoms with Crippen LogP contribution in [-0.2, 0) is 16.0 Å². The van der Waals surface area contributed by atoms with Crippen LogP contribution in [-0.4, -0.2) is 64.7 Å². The van der Waals surface area contributed by atoms with E-state index in [0.29, 0.717) is 6.04 Å². The molecule has 1 saturated heterocycles. The van der Waals surface area contributed by atoms with Gasteiger partial charge in [-0.05, 0) is 23.1 Å². The molecule has 0 aromatic heterocycles. The highest BCUT2D eigenvalue weighted by Gasteiger charge is 2.26. The number of carbonyl (C=O) groups is 2. The smallest absolute Gasteiger partial charge is 0.414 e. The number of hydrogen-bond donors (Lipinski definition) is 2. The van der Waals surface area contributed by atoms with Gasteiger partial charge in [0.05, 0.1) is 6.04 Å². The second kappa shape index (κ2) is 12.5. The van der Waals surface area contributed by atoms with Crippen molar-refractivity contribution >= 4 is 11.9 Å². The standard InChI is InChI=1S/C25H28N2.C2H2O4/c1-4-10-22(11-5-1)16-17-26-18-20-27(21-19-26)25(23-12-6-2-7-13-23)24-14-8-3-9-15-24;3-1(4)2(5)6/h1-15,25H,16-21H2;(H,3,4)(H,5,6). The van der Waals surface area contributed by atoms with E-state index in [-0.39, 0.29) is 0 Å².